The van der Waals surface area contributed by atoms with E-state index in [1.807, 2.05) is 0 Å². The van der Waals surface area contributed by atoms with Crippen molar-refractivity contribution in [1.29, 1.82) is 0 Å². The van der Waals surface area contributed by atoms with Gasteiger partial charge in [-0.15, -0.1) is 0 Å². The fourth-order valence-corrected chi connectivity index (χ4v) is 3.04. The SMILES string of the molecule is COc1ccc(N2CC(C(=O)Nc3cnc(-n4ccnc4)nc3)CC2=O)cc1. The number of carbonyl (C=O) groups excluding carboxylic acids is 2. The molecule has 2 amide bonds. The lowest BCUT2D eigenvalue weighted by atomic mass is 10.1. The van der Waals surface area contributed by atoms with Crippen LogP contribution in [0.4, 0.5) is 11.4 Å². The molecule has 9 heteroatoms. The number of rotatable bonds is 5. The molecule has 0 radical (unpaired) electrons. The molecule has 3 heterocycles. The minimum absolute atomic E-state index is 0.0861. The molecule has 2 aromatic heterocycles. The second kappa shape index (κ2) is 7.47. The van der Waals surface area contributed by atoms with Crippen LogP contribution >= 0.6 is 0 Å². The number of anilines is 2. The lowest BCUT2D eigenvalue weighted by Gasteiger charge is -2.17. The van der Waals surface area contributed by atoms with Crippen molar-refractivity contribution < 1.29 is 14.3 Å². The molecular formula is C19H18N6O3. The third kappa shape index (κ3) is 3.54. The average Bonchev–Trinajstić information content (AvgIpc) is 3.39. The number of aromatic nitrogens is 4. The molecule has 1 N–H and O–H groups in total. The quantitative estimate of drug-likeness (QED) is 0.724. The largest absolute Gasteiger partial charge is 0.497 e. The van der Waals surface area contributed by atoms with Gasteiger partial charge in [0.1, 0.15) is 12.1 Å². The number of amides is 2. The molecule has 1 saturated heterocycles. The number of imidazole rings is 1. The maximum Gasteiger partial charge on any atom is 0.234 e. The van der Waals surface area contributed by atoms with Crippen molar-refractivity contribution in [2.24, 2.45) is 5.92 Å². The van der Waals surface area contributed by atoms with Gasteiger partial charge in [-0.2, -0.15) is 0 Å². The van der Waals surface area contributed by atoms with E-state index in [1.54, 1.807) is 59.6 Å². The molecule has 1 aromatic carbocycles. The van der Waals surface area contributed by atoms with Crippen LogP contribution in [0.25, 0.3) is 5.95 Å². The molecule has 28 heavy (non-hydrogen) atoms. The van der Waals surface area contributed by atoms with Gasteiger partial charge in [0.25, 0.3) is 0 Å². The molecule has 0 aliphatic carbocycles. The molecule has 142 valence electrons. The van der Waals surface area contributed by atoms with Gasteiger partial charge in [-0.3, -0.25) is 14.2 Å². The summed E-state index contributed by atoms with van der Waals surface area (Å²) in [6.07, 6.45) is 8.16. The van der Waals surface area contributed by atoms with Crippen LogP contribution in [-0.4, -0.2) is 45.0 Å². The van der Waals surface area contributed by atoms with Crippen molar-refractivity contribution in [3.63, 3.8) is 0 Å². The van der Waals surface area contributed by atoms with E-state index in [2.05, 4.69) is 20.3 Å². The van der Waals surface area contributed by atoms with E-state index >= 15 is 0 Å². The zero-order valence-corrected chi connectivity index (χ0v) is 15.1. The first kappa shape index (κ1) is 17.7. The summed E-state index contributed by atoms with van der Waals surface area (Å²) in [5, 5.41) is 2.78. The van der Waals surface area contributed by atoms with Crippen LogP contribution in [0.2, 0.25) is 0 Å². The van der Waals surface area contributed by atoms with Gasteiger partial charge in [-0.1, -0.05) is 0 Å². The van der Waals surface area contributed by atoms with Crippen molar-refractivity contribution in [1.82, 2.24) is 19.5 Å². The third-order valence-corrected chi connectivity index (χ3v) is 4.52. The van der Waals surface area contributed by atoms with Crippen LogP contribution in [0.15, 0.2) is 55.4 Å². The second-order valence-corrected chi connectivity index (χ2v) is 6.33. The molecule has 0 bridgehead atoms. The van der Waals surface area contributed by atoms with E-state index < -0.39 is 5.92 Å². The topological polar surface area (TPSA) is 102 Å². The van der Waals surface area contributed by atoms with Gasteiger partial charge in [0.2, 0.25) is 17.8 Å². The highest BCUT2D eigenvalue weighted by Gasteiger charge is 2.35. The van der Waals surface area contributed by atoms with E-state index in [4.69, 9.17) is 4.74 Å². The Kier molecular flexibility index (Phi) is 4.71. The molecule has 0 spiro atoms. The second-order valence-electron chi connectivity index (χ2n) is 6.33. The molecule has 1 unspecified atom stereocenters. The summed E-state index contributed by atoms with van der Waals surface area (Å²) < 4.78 is 6.79. The summed E-state index contributed by atoms with van der Waals surface area (Å²) in [6, 6.07) is 7.18. The lowest BCUT2D eigenvalue weighted by Crippen LogP contribution is -2.28. The Bertz CT molecular complexity index is 970. The summed E-state index contributed by atoms with van der Waals surface area (Å²) in [6.45, 7) is 0.324. The highest BCUT2D eigenvalue weighted by Crippen LogP contribution is 2.27. The minimum Gasteiger partial charge on any atom is -0.497 e. The summed E-state index contributed by atoms with van der Waals surface area (Å²) in [5.41, 5.74) is 1.22. The molecule has 1 fully saturated rings. The molecule has 0 saturated carbocycles. The molecule has 4 rings (SSSR count). The molecule has 3 aromatic rings. The van der Waals surface area contributed by atoms with Crippen LogP contribution in [-0.2, 0) is 9.59 Å². The number of hydrogen-bond acceptors (Lipinski definition) is 6. The number of benzene rings is 1. The highest BCUT2D eigenvalue weighted by molar-refractivity contribution is 6.03. The number of nitrogens with one attached hydrogen (secondary N) is 1. The first-order valence-electron chi connectivity index (χ1n) is 8.69. The zero-order valence-electron chi connectivity index (χ0n) is 15.1. The Labute approximate surface area is 161 Å². The first-order valence-corrected chi connectivity index (χ1v) is 8.69. The molecular weight excluding hydrogens is 360 g/mol. The van der Waals surface area contributed by atoms with Gasteiger partial charge in [0, 0.05) is 31.0 Å². The standard InChI is InChI=1S/C19H18N6O3/c1-28-16-4-2-15(3-5-16)25-11-13(8-17(25)26)18(27)23-14-9-21-19(22-10-14)24-7-6-20-12-24/h2-7,9-10,12-13H,8,11H2,1H3,(H,23,27). The summed E-state index contributed by atoms with van der Waals surface area (Å²) in [7, 11) is 1.59. The Balaban J connectivity index is 1.40. The monoisotopic (exact) mass is 378 g/mol. The predicted octanol–water partition coefficient (Wildman–Crippen LogP) is 1.66. The number of methoxy groups -OCH3 is 1. The maximum absolute atomic E-state index is 12.6. The van der Waals surface area contributed by atoms with Crippen LogP contribution < -0.4 is 15.0 Å². The van der Waals surface area contributed by atoms with Gasteiger partial charge in [-0.25, -0.2) is 15.0 Å². The van der Waals surface area contributed by atoms with Crippen LogP contribution in [0.5, 0.6) is 5.75 Å². The zero-order chi connectivity index (χ0) is 19.5. The summed E-state index contributed by atoms with van der Waals surface area (Å²) in [5.74, 6) is 0.407. The Morgan fingerprint density at radius 3 is 2.61 bits per heavy atom. The van der Waals surface area contributed by atoms with Crippen molar-refractivity contribution >= 4 is 23.2 Å². The van der Waals surface area contributed by atoms with Gasteiger partial charge < -0.3 is 15.0 Å². The van der Waals surface area contributed by atoms with Crippen molar-refractivity contribution in [3.05, 3.63) is 55.4 Å². The number of ether oxygens (including phenoxy) is 1. The molecule has 9 nitrogen and oxygen atoms in total. The molecule has 1 aliphatic rings. The summed E-state index contributed by atoms with van der Waals surface area (Å²) in [4.78, 5) is 38.9. The average molecular weight is 378 g/mol. The van der Waals surface area contributed by atoms with Crippen molar-refractivity contribution in [3.8, 4) is 11.7 Å². The van der Waals surface area contributed by atoms with Gasteiger partial charge >= 0.3 is 0 Å². The Morgan fingerprint density at radius 2 is 1.96 bits per heavy atom. The Morgan fingerprint density at radius 1 is 1.21 bits per heavy atom. The first-order chi connectivity index (χ1) is 13.6. The van der Waals surface area contributed by atoms with E-state index in [0.29, 0.717) is 23.9 Å². The van der Waals surface area contributed by atoms with Crippen LogP contribution in [0, 0.1) is 5.92 Å². The van der Waals surface area contributed by atoms with E-state index in [-0.39, 0.29) is 18.2 Å². The Hall–Kier alpha value is -3.75. The number of hydrogen-bond donors (Lipinski definition) is 1. The van der Waals surface area contributed by atoms with E-state index in [9.17, 15) is 9.59 Å². The van der Waals surface area contributed by atoms with Crippen LogP contribution in [0.3, 0.4) is 0 Å². The normalized spacial score (nSPS) is 16.2. The van der Waals surface area contributed by atoms with Crippen LogP contribution in [0.1, 0.15) is 6.42 Å². The number of carbonyl (C=O) groups is 2. The van der Waals surface area contributed by atoms with E-state index in [0.717, 1.165) is 5.69 Å². The summed E-state index contributed by atoms with van der Waals surface area (Å²) >= 11 is 0. The van der Waals surface area contributed by atoms with Crippen molar-refractivity contribution in [2.45, 2.75) is 6.42 Å². The molecule has 1 atom stereocenters. The lowest BCUT2D eigenvalue weighted by molar-refractivity contribution is -0.122. The fraction of sp³-hybridized carbons (Fsp3) is 0.211. The van der Waals surface area contributed by atoms with E-state index in [1.165, 1.54) is 12.4 Å². The van der Waals surface area contributed by atoms with Gasteiger partial charge in [-0.05, 0) is 24.3 Å². The number of nitrogens with zero attached hydrogens (tertiary/aromatic N) is 5. The minimum atomic E-state index is -0.442. The van der Waals surface area contributed by atoms with Crippen molar-refractivity contribution in [2.75, 3.05) is 23.9 Å². The fourth-order valence-electron chi connectivity index (χ4n) is 3.04. The smallest absolute Gasteiger partial charge is 0.234 e. The van der Waals surface area contributed by atoms with Gasteiger partial charge in [0.15, 0.2) is 0 Å². The molecule has 1 aliphatic heterocycles. The van der Waals surface area contributed by atoms with Gasteiger partial charge in [0.05, 0.1) is 31.1 Å². The highest BCUT2D eigenvalue weighted by atomic mass is 16.5. The maximum atomic E-state index is 12.6. The third-order valence-electron chi connectivity index (χ3n) is 4.52. The predicted molar refractivity (Wildman–Crippen MR) is 101 cm³/mol.